The Morgan fingerprint density at radius 3 is 2.14 bits per heavy atom. The molecular formula is C13H21Cl2N3O2S. The summed E-state index contributed by atoms with van der Waals surface area (Å²) in [6.07, 6.45) is 0. The fourth-order valence-corrected chi connectivity index (χ4v) is 4.58. The van der Waals surface area contributed by atoms with E-state index in [0.717, 1.165) is 6.54 Å². The molecule has 5 nitrogen and oxygen atoms in total. The average molecular weight is 354 g/mol. The molecule has 0 bridgehead atoms. The predicted molar refractivity (Wildman–Crippen MR) is 88.4 cm³/mol. The molecule has 8 heteroatoms. The van der Waals surface area contributed by atoms with E-state index >= 15 is 0 Å². The Labute approximate surface area is 136 Å². The van der Waals surface area contributed by atoms with E-state index in [1.54, 1.807) is 0 Å². The van der Waals surface area contributed by atoms with Crippen LogP contribution in [0.5, 0.6) is 0 Å². The second-order valence-corrected chi connectivity index (χ2v) is 8.56. The molecule has 21 heavy (non-hydrogen) atoms. The first-order valence-electron chi connectivity index (χ1n) is 6.33. The predicted octanol–water partition coefficient (Wildman–Crippen LogP) is 2.44. The van der Waals surface area contributed by atoms with Crippen LogP contribution in [0.4, 0.5) is 5.69 Å². The Hall–Kier alpha value is -0.530. The van der Waals surface area contributed by atoms with Gasteiger partial charge in [-0.1, -0.05) is 37.0 Å². The highest BCUT2D eigenvalue weighted by atomic mass is 35.5. The quantitative estimate of drug-likeness (QED) is 0.770. The summed E-state index contributed by atoms with van der Waals surface area (Å²) in [4.78, 5) is 1.86. The van der Waals surface area contributed by atoms with Crippen molar-refractivity contribution >= 4 is 38.9 Å². The molecule has 0 radical (unpaired) electrons. The van der Waals surface area contributed by atoms with E-state index in [1.807, 2.05) is 32.8 Å². The maximum atomic E-state index is 12.4. The van der Waals surface area contributed by atoms with E-state index in [1.165, 1.54) is 12.1 Å². The van der Waals surface area contributed by atoms with Gasteiger partial charge in [-0.15, -0.1) is 0 Å². The van der Waals surface area contributed by atoms with Gasteiger partial charge in [-0.25, -0.2) is 13.1 Å². The third-order valence-electron chi connectivity index (χ3n) is 2.77. The second kappa shape index (κ2) is 6.71. The zero-order chi connectivity index (χ0) is 16.4. The number of nitrogens with one attached hydrogen (secondary N) is 1. The van der Waals surface area contributed by atoms with Crippen LogP contribution in [-0.2, 0) is 10.0 Å². The average Bonchev–Trinajstić information content (AvgIpc) is 2.23. The minimum Gasteiger partial charge on any atom is -0.399 e. The molecule has 3 N–H and O–H groups in total. The van der Waals surface area contributed by atoms with E-state index in [2.05, 4.69) is 4.72 Å². The summed E-state index contributed by atoms with van der Waals surface area (Å²) in [5.41, 5.74) is 5.66. The third-order valence-corrected chi connectivity index (χ3v) is 5.10. The standard InChI is InChI=1S/C13H21Cl2N3O2S/c1-13(2,8-18(3)4)7-17-21(19,20)12-10(14)5-9(16)6-11(12)15/h5-6,17H,7-8,16H2,1-4H3. The molecule has 1 aromatic carbocycles. The van der Waals surface area contributed by atoms with Gasteiger partial charge in [0.2, 0.25) is 10.0 Å². The SMILES string of the molecule is CN(C)CC(C)(C)CNS(=O)(=O)c1c(Cl)cc(N)cc1Cl. The molecule has 0 amide bonds. The minimum atomic E-state index is -3.80. The minimum absolute atomic E-state index is 0.0120. The summed E-state index contributed by atoms with van der Waals surface area (Å²) in [5, 5.41) is 0.0239. The third kappa shape index (κ3) is 5.30. The number of hydrogen-bond acceptors (Lipinski definition) is 4. The lowest BCUT2D eigenvalue weighted by Gasteiger charge is -2.28. The number of rotatable bonds is 6. The highest BCUT2D eigenvalue weighted by Crippen LogP contribution is 2.32. The molecular weight excluding hydrogens is 333 g/mol. The van der Waals surface area contributed by atoms with Gasteiger partial charge in [-0.05, 0) is 31.6 Å². The van der Waals surface area contributed by atoms with Crippen molar-refractivity contribution in [2.45, 2.75) is 18.7 Å². The van der Waals surface area contributed by atoms with Gasteiger partial charge in [-0.2, -0.15) is 0 Å². The van der Waals surface area contributed by atoms with Crippen LogP contribution < -0.4 is 10.5 Å². The van der Waals surface area contributed by atoms with Gasteiger partial charge >= 0.3 is 0 Å². The van der Waals surface area contributed by atoms with E-state index in [4.69, 9.17) is 28.9 Å². The van der Waals surface area contributed by atoms with Crippen molar-refractivity contribution in [2.24, 2.45) is 5.41 Å². The summed E-state index contributed by atoms with van der Waals surface area (Å²) in [7, 11) is 0.0736. The first-order valence-corrected chi connectivity index (χ1v) is 8.57. The molecule has 0 atom stereocenters. The van der Waals surface area contributed by atoms with Crippen LogP contribution in [0.25, 0.3) is 0 Å². The van der Waals surface area contributed by atoms with E-state index < -0.39 is 10.0 Å². The normalized spacial score (nSPS) is 12.9. The summed E-state index contributed by atoms with van der Waals surface area (Å²) >= 11 is 11.9. The zero-order valence-electron chi connectivity index (χ0n) is 12.6. The topological polar surface area (TPSA) is 75.4 Å². The number of anilines is 1. The van der Waals surface area contributed by atoms with Crippen LogP contribution >= 0.6 is 23.2 Å². The molecule has 0 unspecified atom stereocenters. The zero-order valence-corrected chi connectivity index (χ0v) is 14.9. The van der Waals surface area contributed by atoms with Gasteiger partial charge in [0.05, 0.1) is 10.0 Å². The fraction of sp³-hybridized carbons (Fsp3) is 0.538. The molecule has 0 heterocycles. The molecule has 0 saturated carbocycles. The summed E-state index contributed by atoms with van der Waals surface area (Å²) in [5.74, 6) is 0. The lowest BCUT2D eigenvalue weighted by molar-refractivity contribution is 0.242. The lowest BCUT2D eigenvalue weighted by atomic mass is 9.93. The highest BCUT2D eigenvalue weighted by Gasteiger charge is 2.26. The highest BCUT2D eigenvalue weighted by molar-refractivity contribution is 7.89. The first kappa shape index (κ1) is 18.5. The van der Waals surface area contributed by atoms with E-state index in [-0.39, 0.29) is 26.9 Å². The molecule has 0 spiro atoms. The number of benzene rings is 1. The first-order chi connectivity index (χ1) is 9.44. The van der Waals surface area contributed by atoms with Crippen molar-refractivity contribution in [2.75, 3.05) is 32.9 Å². The molecule has 1 aromatic rings. The number of nitrogens with two attached hydrogens (primary N) is 1. The van der Waals surface area contributed by atoms with Crippen LogP contribution in [0.1, 0.15) is 13.8 Å². The van der Waals surface area contributed by atoms with E-state index in [0.29, 0.717) is 5.69 Å². The van der Waals surface area contributed by atoms with Gasteiger partial charge < -0.3 is 10.6 Å². The molecule has 0 saturated heterocycles. The van der Waals surface area contributed by atoms with Crippen LogP contribution in [0.15, 0.2) is 17.0 Å². The van der Waals surface area contributed by atoms with Crippen molar-refractivity contribution < 1.29 is 8.42 Å². The van der Waals surface area contributed by atoms with Gasteiger partial charge in [-0.3, -0.25) is 0 Å². The number of nitrogens with zero attached hydrogens (tertiary/aromatic N) is 1. The number of nitrogen functional groups attached to an aromatic ring is 1. The Kier molecular flexibility index (Phi) is 5.91. The lowest BCUT2D eigenvalue weighted by Crippen LogP contribution is -2.40. The summed E-state index contributed by atoms with van der Waals surface area (Å²) in [6.45, 7) is 4.95. The van der Waals surface area contributed by atoms with E-state index in [9.17, 15) is 8.42 Å². The number of halogens is 2. The van der Waals surface area contributed by atoms with Gasteiger partial charge in [0, 0.05) is 18.8 Å². The molecule has 120 valence electrons. The van der Waals surface area contributed by atoms with Gasteiger partial charge in [0.1, 0.15) is 4.90 Å². The Morgan fingerprint density at radius 2 is 1.71 bits per heavy atom. The van der Waals surface area contributed by atoms with Crippen LogP contribution in [-0.4, -0.2) is 40.5 Å². The molecule has 0 fully saturated rings. The van der Waals surface area contributed by atoms with Crippen LogP contribution in [0, 0.1) is 5.41 Å². The van der Waals surface area contributed by atoms with Crippen molar-refractivity contribution in [3.05, 3.63) is 22.2 Å². The van der Waals surface area contributed by atoms with Crippen molar-refractivity contribution in [3.8, 4) is 0 Å². The molecule has 1 rings (SSSR count). The largest absolute Gasteiger partial charge is 0.399 e. The molecule has 0 aromatic heterocycles. The van der Waals surface area contributed by atoms with Crippen molar-refractivity contribution in [1.29, 1.82) is 0 Å². The molecule has 0 aliphatic heterocycles. The van der Waals surface area contributed by atoms with Crippen molar-refractivity contribution in [1.82, 2.24) is 9.62 Å². The second-order valence-electron chi connectivity index (χ2n) is 6.04. The monoisotopic (exact) mass is 353 g/mol. The number of sulfonamides is 1. The Balaban J connectivity index is 2.98. The van der Waals surface area contributed by atoms with Crippen LogP contribution in [0.3, 0.4) is 0 Å². The van der Waals surface area contributed by atoms with Crippen molar-refractivity contribution in [3.63, 3.8) is 0 Å². The van der Waals surface area contributed by atoms with Crippen LogP contribution in [0.2, 0.25) is 10.0 Å². The Bertz CT molecular complexity index is 593. The molecule has 0 aliphatic carbocycles. The maximum Gasteiger partial charge on any atom is 0.243 e. The fourth-order valence-electron chi connectivity index (χ4n) is 2.11. The Morgan fingerprint density at radius 1 is 1.24 bits per heavy atom. The smallest absolute Gasteiger partial charge is 0.243 e. The molecule has 0 aliphatic rings. The van der Waals surface area contributed by atoms with Gasteiger partial charge in [0.15, 0.2) is 0 Å². The van der Waals surface area contributed by atoms with Gasteiger partial charge in [0.25, 0.3) is 0 Å². The summed E-state index contributed by atoms with van der Waals surface area (Å²) < 4.78 is 27.3. The maximum absolute atomic E-state index is 12.4. The summed E-state index contributed by atoms with van der Waals surface area (Å²) in [6, 6.07) is 2.74. The number of hydrogen-bond donors (Lipinski definition) is 2.